The molecule has 1 aromatic heterocycles. The summed E-state index contributed by atoms with van der Waals surface area (Å²) in [5, 5.41) is 0.577. The van der Waals surface area contributed by atoms with Crippen molar-refractivity contribution in [3.8, 4) is 0 Å². The minimum absolute atomic E-state index is 0.577. The smallest absolute Gasteiger partial charge is 0.152 e. The van der Waals surface area contributed by atoms with Crippen molar-refractivity contribution in [2.75, 3.05) is 11.4 Å². The first kappa shape index (κ1) is 12.7. The standard InChI is InChI=1S/C14H14ClNO2/c1-2-16(9-12-6-4-8-18-12)14-11(10-17)5-3-7-13(14)15/h3-8,10H,2,9H2,1H3. The van der Waals surface area contributed by atoms with E-state index in [1.807, 2.05) is 24.0 Å². The van der Waals surface area contributed by atoms with E-state index in [0.29, 0.717) is 17.1 Å². The topological polar surface area (TPSA) is 33.5 Å². The fourth-order valence-electron chi connectivity index (χ4n) is 1.90. The molecule has 1 heterocycles. The Hall–Kier alpha value is -1.74. The second kappa shape index (κ2) is 5.74. The monoisotopic (exact) mass is 263 g/mol. The van der Waals surface area contributed by atoms with Gasteiger partial charge >= 0.3 is 0 Å². The van der Waals surface area contributed by atoms with Crippen LogP contribution in [0.4, 0.5) is 5.69 Å². The van der Waals surface area contributed by atoms with Gasteiger partial charge in [0.25, 0.3) is 0 Å². The molecule has 0 unspecified atom stereocenters. The van der Waals surface area contributed by atoms with E-state index in [9.17, 15) is 4.79 Å². The van der Waals surface area contributed by atoms with E-state index in [4.69, 9.17) is 16.0 Å². The molecule has 94 valence electrons. The maximum atomic E-state index is 11.1. The fourth-order valence-corrected chi connectivity index (χ4v) is 2.20. The summed E-state index contributed by atoms with van der Waals surface area (Å²) in [6, 6.07) is 9.07. The molecule has 3 nitrogen and oxygen atoms in total. The number of carbonyl (C=O) groups excluding carboxylic acids is 1. The molecule has 2 aromatic rings. The lowest BCUT2D eigenvalue weighted by molar-refractivity contribution is 0.112. The van der Waals surface area contributed by atoms with Gasteiger partial charge in [0.2, 0.25) is 0 Å². The van der Waals surface area contributed by atoms with E-state index >= 15 is 0 Å². The summed E-state index contributed by atoms with van der Waals surface area (Å²) in [6.07, 6.45) is 2.46. The minimum Gasteiger partial charge on any atom is -0.467 e. The summed E-state index contributed by atoms with van der Waals surface area (Å²) in [5.74, 6) is 0.841. The van der Waals surface area contributed by atoms with E-state index in [1.165, 1.54) is 0 Å². The molecule has 0 spiro atoms. The van der Waals surface area contributed by atoms with Crippen LogP contribution in [0.25, 0.3) is 0 Å². The number of hydrogen-bond acceptors (Lipinski definition) is 3. The number of nitrogens with zero attached hydrogens (tertiary/aromatic N) is 1. The molecule has 18 heavy (non-hydrogen) atoms. The van der Waals surface area contributed by atoms with Crippen LogP contribution in [-0.4, -0.2) is 12.8 Å². The van der Waals surface area contributed by atoms with Crippen LogP contribution >= 0.6 is 11.6 Å². The van der Waals surface area contributed by atoms with Crippen molar-refractivity contribution in [3.63, 3.8) is 0 Å². The second-order valence-electron chi connectivity index (χ2n) is 3.89. The zero-order valence-corrected chi connectivity index (χ0v) is 10.9. The van der Waals surface area contributed by atoms with Crippen LogP contribution in [0.2, 0.25) is 5.02 Å². The van der Waals surface area contributed by atoms with Crippen LogP contribution in [0, 0.1) is 0 Å². The summed E-state index contributed by atoms with van der Waals surface area (Å²) in [7, 11) is 0. The number of rotatable bonds is 5. The van der Waals surface area contributed by atoms with Gasteiger partial charge in [0.15, 0.2) is 6.29 Å². The quantitative estimate of drug-likeness (QED) is 0.770. The molecular formula is C14H14ClNO2. The first-order valence-corrected chi connectivity index (χ1v) is 6.15. The normalized spacial score (nSPS) is 10.3. The lowest BCUT2D eigenvalue weighted by Gasteiger charge is -2.24. The van der Waals surface area contributed by atoms with E-state index in [1.54, 1.807) is 24.5 Å². The lowest BCUT2D eigenvalue weighted by Crippen LogP contribution is -2.23. The third-order valence-corrected chi connectivity index (χ3v) is 3.07. The fraction of sp³-hybridized carbons (Fsp3) is 0.214. The Morgan fingerprint density at radius 2 is 2.17 bits per heavy atom. The predicted octanol–water partition coefficient (Wildman–Crippen LogP) is 3.77. The van der Waals surface area contributed by atoms with Crippen LogP contribution in [0.1, 0.15) is 23.0 Å². The number of para-hydroxylation sites is 1. The Bertz CT molecular complexity index is 523. The highest BCUT2D eigenvalue weighted by atomic mass is 35.5. The lowest BCUT2D eigenvalue weighted by atomic mass is 10.1. The van der Waals surface area contributed by atoms with Crippen LogP contribution in [0.3, 0.4) is 0 Å². The highest BCUT2D eigenvalue weighted by molar-refractivity contribution is 6.33. The Morgan fingerprint density at radius 3 is 2.78 bits per heavy atom. The van der Waals surface area contributed by atoms with Gasteiger partial charge in [0.05, 0.1) is 23.5 Å². The van der Waals surface area contributed by atoms with Crippen LogP contribution in [0.5, 0.6) is 0 Å². The molecule has 0 aliphatic heterocycles. The molecular weight excluding hydrogens is 250 g/mol. The van der Waals surface area contributed by atoms with Crippen molar-refractivity contribution in [1.29, 1.82) is 0 Å². The molecule has 0 aliphatic rings. The van der Waals surface area contributed by atoms with Gasteiger partial charge in [-0.1, -0.05) is 17.7 Å². The largest absolute Gasteiger partial charge is 0.467 e. The molecule has 0 radical (unpaired) electrons. The second-order valence-corrected chi connectivity index (χ2v) is 4.30. The summed E-state index contributed by atoms with van der Waals surface area (Å²) < 4.78 is 5.33. The van der Waals surface area contributed by atoms with Gasteiger partial charge in [-0.15, -0.1) is 0 Å². The molecule has 0 bridgehead atoms. The predicted molar refractivity (Wildman–Crippen MR) is 72.3 cm³/mol. The number of aldehydes is 1. The molecule has 0 saturated carbocycles. The molecule has 0 saturated heterocycles. The van der Waals surface area contributed by atoms with Crippen molar-refractivity contribution < 1.29 is 9.21 Å². The third-order valence-electron chi connectivity index (χ3n) is 2.77. The Kier molecular flexibility index (Phi) is 4.05. The average molecular weight is 264 g/mol. The number of benzene rings is 1. The van der Waals surface area contributed by atoms with Gasteiger partial charge in [0, 0.05) is 12.1 Å². The molecule has 0 atom stereocenters. The van der Waals surface area contributed by atoms with Crippen molar-refractivity contribution in [2.45, 2.75) is 13.5 Å². The Morgan fingerprint density at radius 1 is 1.33 bits per heavy atom. The summed E-state index contributed by atoms with van der Waals surface area (Å²) in [6.45, 7) is 3.35. The van der Waals surface area contributed by atoms with Crippen molar-refractivity contribution in [1.82, 2.24) is 0 Å². The first-order valence-electron chi connectivity index (χ1n) is 5.77. The van der Waals surface area contributed by atoms with E-state index in [2.05, 4.69) is 0 Å². The van der Waals surface area contributed by atoms with Gasteiger partial charge in [-0.25, -0.2) is 0 Å². The summed E-state index contributed by atoms with van der Waals surface area (Å²) in [5.41, 5.74) is 1.35. The zero-order valence-electron chi connectivity index (χ0n) is 10.1. The van der Waals surface area contributed by atoms with Gasteiger partial charge < -0.3 is 9.32 Å². The van der Waals surface area contributed by atoms with Gasteiger partial charge in [0.1, 0.15) is 5.76 Å². The SMILES string of the molecule is CCN(Cc1ccco1)c1c(Cl)cccc1C=O. The highest BCUT2D eigenvalue weighted by Crippen LogP contribution is 2.30. The number of anilines is 1. The Balaban J connectivity index is 2.35. The molecule has 2 rings (SSSR count). The van der Waals surface area contributed by atoms with E-state index in [0.717, 1.165) is 24.3 Å². The number of hydrogen-bond donors (Lipinski definition) is 0. The summed E-state index contributed by atoms with van der Waals surface area (Å²) in [4.78, 5) is 13.1. The first-order chi connectivity index (χ1) is 8.76. The average Bonchev–Trinajstić information content (AvgIpc) is 2.89. The van der Waals surface area contributed by atoms with Gasteiger partial charge in [-0.3, -0.25) is 4.79 Å². The van der Waals surface area contributed by atoms with Gasteiger partial charge in [-0.2, -0.15) is 0 Å². The van der Waals surface area contributed by atoms with Gasteiger partial charge in [-0.05, 0) is 31.2 Å². The Labute approximate surface area is 111 Å². The van der Waals surface area contributed by atoms with Crippen LogP contribution in [0.15, 0.2) is 41.0 Å². The molecule has 0 fully saturated rings. The third kappa shape index (κ3) is 2.57. The maximum Gasteiger partial charge on any atom is 0.152 e. The highest BCUT2D eigenvalue weighted by Gasteiger charge is 2.14. The maximum absolute atomic E-state index is 11.1. The van der Waals surface area contributed by atoms with Crippen molar-refractivity contribution in [2.24, 2.45) is 0 Å². The van der Waals surface area contributed by atoms with E-state index in [-0.39, 0.29) is 0 Å². The van der Waals surface area contributed by atoms with Crippen molar-refractivity contribution in [3.05, 3.63) is 52.9 Å². The molecule has 0 aliphatic carbocycles. The number of halogens is 1. The number of carbonyl (C=O) groups is 1. The van der Waals surface area contributed by atoms with Crippen molar-refractivity contribution >= 4 is 23.6 Å². The number of furan rings is 1. The zero-order chi connectivity index (χ0) is 13.0. The molecule has 1 aromatic carbocycles. The molecule has 0 N–H and O–H groups in total. The summed E-state index contributed by atoms with van der Waals surface area (Å²) >= 11 is 6.19. The molecule has 0 amide bonds. The van der Waals surface area contributed by atoms with Crippen LogP contribution < -0.4 is 4.90 Å². The molecule has 4 heteroatoms. The minimum atomic E-state index is 0.577. The van der Waals surface area contributed by atoms with E-state index < -0.39 is 0 Å². The van der Waals surface area contributed by atoms with Crippen LogP contribution in [-0.2, 0) is 6.54 Å².